The van der Waals surface area contributed by atoms with Crippen molar-refractivity contribution in [2.75, 3.05) is 6.54 Å². The molecule has 0 aromatic rings. The first kappa shape index (κ1) is 15.4. The molecule has 5 unspecified atom stereocenters. The molecule has 5 atom stereocenters. The van der Waals surface area contributed by atoms with Gasteiger partial charge in [-0.05, 0) is 33.1 Å². The third-order valence-electron chi connectivity index (χ3n) is 3.98. The molecule has 1 rings (SSSR count). The van der Waals surface area contributed by atoms with E-state index in [0.717, 1.165) is 6.42 Å². The van der Waals surface area contributed by atoms with Crippen LogP contribution in [-0.4, -0.2) is 35.4 Å². The smallest absolute Gasteiger partial charge is 0.226 e. The molecule has 1 fully saturated rings. The van der Waals surface area contributed by atoms with Gasteiger partial charge in [0.2, 0.25) is 5.91 Å². The molecule has 4 nitrogen and oxygen atoms in total. The summed E-state index contributed by atoms with van der Waals surface area (Å²) < 4.78 is 5.66. The van der Waals surface area contributed by atoms with Crippen molar-refractivity contribution in [2.24, 2.45) is 11.8 Å². The van der Waals surface area contributed by atoms with Crippen molar-refractivity contribution in [1.29, 1.82) is 0 Å². The monoisotopic (exact) mass is 257 g/mol. The molecule has 1 saturated heterocycles. The number of nitrogens with one attached hydrogen (secondary N) is 1. The topological polar surface area (TPSA) is 58.6 Å². The van der Waals surface area contributed by atoms with E-state index in [1.807, 2.05) is 27.7 Å². The van der Waals surface area contributed by atoms with Gasteiger partial charge < -0.3 is 15.2 Å². The lowest BCUT2D eigenvalue weighted by Crippen LogP contribution is -2.45. The SMILES string of the molecule is CCCC(C)(O)CNC(=O)C1C(C)OC(C)C1C. The van der Waals surface area contributed by atoms with Gasteiger partial charge >= 0.3 is 0 Å². The maximum atomic E-state index is 12.2. The van der Waals surface area contributed by atoms with E-state index in [2.05, 4.69) is 5.32 Å². The zero-order valence-electron chi connectivity index (χ0n) is 12.2. The molecule has 1 aliphatic rings. The summed E-state index contributed by atoms with van der Waals surface area (Å²) in [6, 6.07) is 0. The standard InChI is InChI=1S/C14H27NO3/c1-6-7-14(5,17)8-15-13(16)12-9(2)10(3)18-11(12)4/h9-12,17H,6-8H2,1-5H3,(H,15,16). The number of hydrogen-bond donors (Lipinski definition) is 2. The minimum Gasteiger partial charge on any atom is -0.388 e. The van der Waals surface area contributed by atoms with Crippen LogP contribution in [0.25, 0.3) is 0 Å². The van der Waals surface area contributed by atoms with Crippen LogP contribution in [0.1, 0.15) is 47.5 Å². The lowest BCUT2D eigenvalue weighted by molar-refractivity contribution is -0.128. The fourth-order valence-electron chi connectivity index (χ4n) is 2.74. The highest BCUT2D eigenvalue weighted by Gasteiger charge is 2.41. The van der Waals surface area contributed by atoms with E-state index in [-0.39, 0.29) is 30.0 Å². The van der Waals surface area contributed by atoms with Crippen molar-refractivity contribution in [2.45, 2.75) is 65.3 Å². The van der Waals surface area contributed by atoms with E-state index in [4.69, 9.17) is 4.74 Å². The van der Waals surface area contributed by atoms with Gasteiger partial charge in [0.1, 0.15) is 0 Å². The average molecular weight is 257 g/mol. The maximum Gasteiger partial charge on any atom is 0.226 e. The summed E-state index contributed by atoms with van der Waals surface area (Å²) in [6.45, 7) is 10.1. The molecule has 1 aliphatic heterocycles. The fourth-order valence-corrected chi connectivity index (χ4v) is 2.74. The second-order valence-corrected chi connectivity index (χ2v) is 5.90. The Morgan fingerprint density at radius 1 is 1.33 bits per heavy atom. The number of hydrogen-bond acceptors (Lipinski definition) is 3. The molecule has 0 saturated carbocycles. The molecule has 0 aromatic carbocycles. The van der Waals surface area contributed by atoms with Crippen LogP contribution in [0.5, 0.6) is 0 Å². The first-order valence-electron chi connectivity index (χ1n) is 6.94. The minimum atomic E-state index is -0.817. The Kier molecular flexibility index (Phi) is 5.17. The molecule has 106 valence electrons. The van der Waals surface area contributed by atoms with Gasteiger partial charge in [-0.3, -0.25) is 4.79 Å². The highest BCUT2D eigenvalue weighted by molar-refractivity contribution is 5.80. The predicted octanol–water partition coefficient (Wildman–Crippen LogP) is 1.71. The van der Waals surface area contributed by atoms with Crippen LogP contribution in [0.2, 0.25) is 0 Å². The van der Waals surface area contributed by atoms with Crippen LogP contribution in [0, 0.1) is 11.8 Å². The number of carbonyl (C=O) groups excluding carboxylic acids is 1. The van der Waals surface area contributed by atoms with E-state index in [1.54, 1.807) is 6.92 Å². The normalized spacial score (nSPS) is 35.2. The molecule has 18 heavy (non-hydrogen) atoms. The lowest BCUT2D eigenvalue weighted by atomic mass is 9.88. The van der Waals surface area contributed by atoms with Gasteiger partial charge in [0, 0.05) is 6.54 Å². The largest absolute Gasteiger partial charge is 0.388 e. The molecule has 4 heteroatoms. The van der Waals surface area contributed by atoms with Crippen molar-refractivity contribution in [3.8, 4) is 0 Å². The summed E-state index contributed by atoms with van der Waals surface area (Å²) in [5.74, 6) is 0.101. The Morgan fingerprint density at radius 3 is 2.39 bits per heavy atom. The number of carbonyl (C=O) groups is 1. The van der Waals surface area contributed by atoms with Crippen molar-refractivity contribution < 1.29 is 14.6 Å². The maximum absolute atomic E-state index is 12.2. The van der Waals surface area contributed by atoms with E-state index >= 15 is 0 Å². The summed E-state index contributed by atoms with van der Waals surface area (Å²) in [5.41, 5.74) is -0.817. The van der Waals surface area contributed by atoms with Crippen LogP contribution in [0.3, 0.4) is 0 Å². The molecule has 0 aromatic heterocycles. The summed E-state index contributed by atoms with van der Waals surface area (Å²) in [5, 5.41) is 12.9. The zero-order valence-corrected chi connectivity index (χ0v) is 12.2. The van der Waals surface area contributed by atoms with Crippen molar-refractivity contribution >= 4 is 5.91 Å². The van der Waals surface area contributed by atoms with Gasteiger partial charge in [0.25, 0.3) is 0 Å². The molecule has 0 aliphatic carbocycles. The second kappa shape index (κ2) is 6.02. The van der Waals surface area contributed by atoms with Gasteiger partial charge in [-0.15, -0.1) is 0 Å². The van der Waals surface area contributed by atoms with Crippen LogP contribution in [-0.2, 0) is 9.53 Å². The molecular formula is C14H27NO3. The molecule has 1 heterocycles. The van der Waals surface area contributed by atoms with Crippen molar-refractivity contribution in [3.63, 3.8) is 0 Å². The van der Waals surface area contributed by atoms with E-state index in [9.17, 15) is 9.90 Å². The van der Waals surface area contributed by atoms with Crippen LogP contribution >= 0.6 is 0 Å². The third-order valence-corrected chi connectivity index (χ3v) is 3.98. The summed E-state index contributed by atoms with van der Waals surface area (Å²) in [7, 11) is 0. The second-order valence-electron chi connectivity index (χ2n) is 5.90. The Bertz CT molecular complexity index is 291. The summed E-state index contributed by atoms with van der Waals surface area (Å²) in [4.78, 5) is 12.2. The quantitative estimate of drug-likeness (QED) is 0.788. The van der Waals surface area contributed by atoms with Gasteiger partial charge in [0.15, 0.2) is 0 Å². The first-order valence-corrected chi connectivity index (χ1v) is 6.94. The average Bonchev–Trinajstić information content (AvgIpc) is 2.50. The Hall–Kier alpha value is -0.610. The lowest BCUT2D eigenvalue weighted by Gasteiger charge is -2.25. The molecule has 0 bridgehead atoms. The molecule has 2 N–H and O–H groups in total. The molecule has 0 radical (unpaired) electrons. The Balaban J connectivity index is 2.51. The van der Waals surface area contributed by atoms with Crippen molar-refractivity contribution in [1.82, 2.24) is 5.32 Å². The Morgan fingerprint density at radius 2 is 1.94 bits per heavy atom. The van der Waals surface area contributed by atoms with Crippen molar-refractivity contribution in [3.05, 3.63) is 0 Å². The highest BCUT2D eigenvalue weighted by Crippen LogP contribution is 2.32. The third kappa shape index (κ3) is 3.69. The van der Waals surface area contributed by atoms with Gasteiger partial charge in [-0.2, -0.15) is 0 Å². The first-order chi connectivity index (χ1) is 8.28. The molecule has 1 amide bonds. The number of rotatable bonds is 5. The van der Waals surface area contributed by atoms with Gasteiger partial charge in [0.05, 0.1) is 23.7 Å². The molecule has 0 spiro atoms. The highest BCUT2D eigenvalue weighted by atomic mass is 16.5. The number of amides is 1. The summed E-state index contributed by atoms with van der Waals surface area (Å²) >= 11 is 0. The van der Waals surface area contributed by atoms with Crippen LogP contribution in [0.4, 0.5) is 0 Å². The van der Waals surface area contributed by atoms with Gasteiger partial charge in [-0.25, -0.2) is 0 Å². The zero-order chi connectivity index (χ0) is 13.9. The van der Waals surface area contributed by atoms with E-state index in [1.165, 1.54) is 0 Å². The minimum absolute atomic E-state index is 0.00396. The Labute approximate surface area is 110 Å². The van der Waals surface area contributed by atoms with E-state index < -0.39 is 5.60 Å². The van der Waals surface area contributed by atoms with Gasteiger partial charge in [-0.1, -0.05) is 20.3 Å². The predicted molar refractivity (Wildman–Crippen MR) is 71.2 cm³/mol. The van der Waals surface area contributed by atoms with Crippen LogP contribution in [0.15, 0.2) is 0 Å². The number of aliphatic hydroxyl groups is 1. The van der Waals surface area contributed by atoms with Crippen LogP contribution < -0.4 is 5.32 Å². The molecular weight excluding hydrogens is 230 g/mol. The summed E-state index contributed by atoms with van der Waals surface area (Å²) in [6.07, 6.45) is 1.66. The fraction of sp³-hybridized carbons (Fsp3) is 0.929. The number of ether oxygens (including phenoxy) is 1. The van der Waals surface area contributed by atoms with E-state index in [0.29, 0.717) is 13.0 Å².